The Hall–Kier alpha value is -8.19. The Morgan fingerprint density at radius 1 is 0.317 bits per heavy atom. The van der Waals surface area contributed by atoms with Gasteiger partial charge in [-0.25, -0.2) is 4.98 Å². The molecule has 0 fully saturated rings. The Morgan fingerprint density at radius 2 is 0.825 bits per heavy atom. The Bertz CT molecular complexity index is 3900. The fourth-order valence-electron chi connectivity index (χ4n) is 9.52. The second-order valence-electron chi connectivity index (χ2n) is 16.0. The lowest BCUT2D eigenvalue weighted by Gasteiger charge is -2.17. The lowest BCUT2D eigenvalue weighted by Crippen LogP contribution is -2.07. The summed E-state index contributed by atoms with van der Waals surface area (Å²) in [4.78, 5) is 16.1. The maximum Gasteiger partial charge on any atom is 0.238 e. The number of hydrogen-bond acceptors (Lipinski definition) is 4. The predicted octanol–water partition coefficient (Wildman–Crippen LogP) is 15.1. The molecule has 13 aromatic rings. The van der Waals surface area contributed by atoms with Gasteiger partial charge in [0.05, 0.1) is 27.8 Å². The fraction of sp³-hybridized carbons (Fsp3) is 0. The van der Waals surface area contributed by atoms with E-state index in [0.29, 0.717) is 17.6 Å². The van der Waals surface area contributed by atoms with E-state index >= 15 is 0 Å². The van der Waals surface area contributed by atoms with E-state index in [-0.39, 0.29) is 0 Å². The summed E-state index contributed by atoms with van der Waals surface area (Å²) in [6, 6.07) is 75.7. The van der Waals surface area contributed by atoms with Crippen molar-refractivity contribution in [2.75, 3.05) is 0 Å². The summed E-state index contributed by atoms with van der Waals surface area (Å²) < 4.78 is 7.22. The molecule has 0 spiro atoms. The standard InChI is InChI=1S/C57H35N5S/c1-4-16-36(17-5-1)39-28-30-41(37-18-6-2-7-19-37)50(34-39)61-48-25-13-10-22-42(48)46-32-33-47-43-23-11-14-26-49(43)62(54(47)53(46)61)57-59-55(38-20-8-3-9-21-38)58-56(60-57)40-29-31-45-44-24-12-15-27-51(44)63-52(45)35-40/h1-35H. The van der Waals surface area contributed by atoms with E-state index in [1.54, 1.807) is 11.3 Å². The van der Waals surface area contributed by atoms with Crippen LogP contribution in [0.25, 0.3) is 120 Å². The van der Waals surface area contributed by atoms with Crippen molar-refractivity contribution in [1.82, 2.24) is 24.1 Å². The van der Waals surface area contributed by atoms with E-state index < -0.39 is 0 Å². The van der Waals surface area contributed by atoms with Crippen LogP contribution < -0.4 is 0 Å². The molecule has 294 valence electrons. The summed E-state index contributed by atoms with van der Waals surface area (Å²) in [5.74, 6) is 1.80. The van der Waals surface area contributed by atoms with Crippen LogP contribution in [0.3, 0.4) is 0 Å². The molecular weight excluding hydrogens is 787 g/mol. The van der Waals surface area contributed by atoms with E-state index in [0.717, 1.165) is 71.7 Å². The van der Waals surface area contributed by atoms with Gasteiger partial charge in [0.2, 0.25) is 5.95 Å². The zero-order valence-electron chi connectivity index (χ0n) is 33.9. The minimum atomic E-state index is 0.562. The van der Waals surface area contributed by atoms with Crippen LogP contribution in [0.15, 0.2) is 212 Å². The Morgan fingerprint density at radius 3 is 1.52 bits per heavy atom. The Kier molecular flexibility index (Phi) is 8.01. The van der Waals surface area contributed by atoms with Crippen molar-refractivity contribution in [1.29, 1.82) is 0 Å². The summed E-state index contributed by atoms with van der Waals surface area (Å²) in [6.07, 6.45) is 0. The lowest BCUT2D eigenvalue weighted by atomic mass is 9.98. The predicted molar refractivity (Wildman–Crippen MR) is 263 cm³/mol. The van der Waals surface area contributed by atoms with Gasteiger partial charge in [0.15, 0.2) is 11.6 Å². The summed E-state index contributed by atoms with van der Waals surface area (Å²) in [5.41, 5.74) is 11.8. The number of nitrogens with zero attached hydrogens (tertiary/aromatic N) is 5. The van der Waals surface area contributed by atoms with Crippen LogP contribution in [0.1, 0.15) is 0 Å². The van der Waals surface area contributed by atoms with Crippen molar-refractivity contribution >= 4 is 75.1 Å². The highest BCUT2D eigenvalue weighted by atomic mass is 32.1. The van der Waals surface area contributed by atoms with Crippen molar-refractivity contribution < 1.29 is 0 Å². The SMILES string of the molecule is c1ccc(-c2ccc(-c3ccccc3)c(-n3c4ccccc4c4ccc5c6ccccc6n(-c6nc(-c7ccccc7)nc(-c7ccc8c(c7)sc7ccccc78)n6)c5c43)c2)cc1. The first-order chi connectivity index (χ1) is 31.2. The maximum atomic E-state index is 5.45. The molecule has 0 saturated carbocycles. The molecule has 0 amide bonds. The largest absolute Gasteiger partial charge is 0.307 e. The average Bonchev–Trinajstić information content (AvgIpc) is 4.02. The molecule has 13 rings (SSSR count). The fourth-order valence-corrected chi connectivity index (χ4v) is 10.7. The second kappa shape index (κ2) is 14.2. The van der Waals surface area contributed by atoms with Gasteiger partial charge in [0.25, 0.3) is 0 Å². The van der Waals surface area contributed by atoms with Crippen molar-refractivity contribution in [2.45, 2.75) is 0 Å². The second-order valence-corrected chi connectivity index (χ2v) is 17.1. The van der Waals surface area contributed by atoms with Crippen molar-refractivity contribution in [2.24, 2.45) is 0 Å². The molecule has 63 heavy (non-hydrogen) atoms. The van der Waals surface area contributed by atoms with Gasteiger partial charge in [-0.2, -0.15) is 9.97 Å². The Balaban J connectivity index is 1.16. The maximum absolute atomic E-state index is 5.45. The van der Waals surface area contributed by atoms with Gasteiger partial charge in [-0.15, -0.1) is 11.3 Å². The van der Waals surface area contributed by atoms with Gasteiger partial charge >= 0.3 is 0 Å². The van der Waals surface area contributed by atoms with E-state index in [9.17, 15) is 0 Å². The highest BCUT2D eigenvalue weighted by molar-refractivity contribution is 7.25. The summed E-state index contributed by atoms with van der Waals surface area (Å²) in [7, 11) is 0. The van der Waals surface area contributed by atoms with E-state index in [1.807, 2.05) is 18.2 Å². The van der Waals surface area contributed by atoms with Crippen LogP contribution in [-0.2, 0) is 0 Å². The van der Waals surface area contributed by atoms with Gasteiger partial charge in [0.1, 0.15) is 0 Å². The number of hydrogen-bond donors (Lipinski definition) is 0. The van der Waals surface area contributed by atoms with Crippen LogP contribution in [0.5, 0.6) is 0 Å². The molecule has 0 aliphatic heterocycles. The molecular formula is C57H35N5S. The summed E-state index contributed by atoms with van der Waals surface area (Å²) in [5, 5.41) is 7.08. The van der Waals surface area contributed by atoms with Crippen LogP contribution >= 0.6 is 11.3 Å². The van der Waals surface area contributed by atoms with Gasteiger partial charge in [-0.05, 0) is 47.0 Å². The summed E-state index contributed by atoms with van der Waals surface area (Å²) >= 11 is 1.80. The van der Waals surface area contributed by atoms with Gasteiger partial charge < -0.3 is 4.57 Å². The first-order valence-corrected chi connectivity index (χ1v) is 22.0. The van der Waals surface area contributed by atoms with Crippen molar-refractivity contribution in [3.63, 3.8) is 0 Å². The lowest BCUT2D eigenvalue weighted by molar-refractivity contribution is 0.953. The molecule has 0 bridgehead atoms. The molecule has 0 aliphatic rings. The number of para-hydroxylation sites is 2. The van der Waals surface area contributed by atoms with Gasteiger partial charge in [-0.1, -0.05) is 182 Å². The molecule has 9 aromatic carbocycles. The molecule has 0 unspecified atom stereocenters. The zero-order valence-corrected chi connectivity index (χ0v) is 34.7. The van der Waals surface area contributed by atoms with Crippen LogP contribution in [0, 0.1) is 0 Å². The zero-order chi connectivity index (χ0) is 41.4. The number of benzene rings is 9. The highest BCUT2D eigenvalue weighted by Gasteiger charge is 2.25. The molecule has 0 saturated heterocycles. The monoisotopic (exact) mass is 821 g/mol. The molecule has 0 N–H and O–H groups in total. The third-order valence-corrected chi connectivity index (χ3v) is 13.5. The third kappa shape index (κ3) is 5.66. The molecule has 0 aliphatic carbocycles. The van der Waals surface area contributed by atoms with Crippen LogP contribution in [-0.4, -0.2) is 24.1 Å². The van der Waals surface area contributed by atoms with Gasteiger partial charge in [0, 0.05) is 58.4 Å². The van der Waals surface area contributed by atoms with Crippen molar-refractivity contribution in [3.8, 4) is 56.7 Å². The normalized spacial score (nSPS) is 11.8. The summed E-state index contributed by atoms with van der Waals surface area (Å²) in [6.45, 7) is 0. The number of aromatic nitrogens is 5. The average molecular weight is 822 g/mol. The molecule has 6 heteroatoms. The highest BCUT2D eigenvalue weighted by Crippen LogP contribution is 2.44. The van der Waals surface area contributed by atoms with E-state index in [4.69, 9.17) is 15.0 Å². The van der Waals surface area contributed by atoms with Gasteiger partial charge in [-0.3, -0.25) is 4.57 Å². The van der Waals surface area contributed by atoms with E-state index in [1.165, 1.54) is 31.1 Å². The first-order valence-electron chi connectivity index (χ1n) is 21.2. The molecule has 0 radical (unpaired) electrons. The number of thiophene rings is 1. The number of rotatable bonds is 6. The number of fused-ring (bicyclic) bond motifs is 10. The Labute approximate surface area is 366 Å². The third-order valence-electron chi connectivity index (χ3n) is 12.4. The van der Waals surface area contributed by atoms with Crippen LogP contribution in [0.4, 0.5) is 0 Å². The topological polar surface area (TPSA) is 48.5 Å². The smallest absolute Gasteiger partial charge is 0.238 e. The molecule has 4 aromatic heterocycles. The molecule has 0 atom stereocenters. The van der Waals surface area contributed by atoms with Crippen LogP contribution in [0.2, 0.25) is 0 Å². The molecule has 5 nitrogen and oxygen atoms in total. The van der Waals surface area contributed by atoms with Crippen molar-refractivity contribution in [3.05, 3.63) is 212 Å². The van der Waals surface area contributed by atoms with E-state index in [2.05, 4.69) is 203 Å². The first kappa shape index (κ1) is 35.6. The quantitative estimate of drug-likeness (QED) is 0.168. The minimum absolute atomic E-state index is 0.562. The molecule has 4 heterocycles. The minimum Gasteiger partial charge on any atom is -0.307 e.